The van der Waals surface area contributed by atoms with Crippen LogP contribution in [0.2, 0.25) is 0 Å². The molecule has 0 spiro atoms. The number of rotatable bonds is 1. The van der Waals surface area contributed by atoms with E-state index in [1.54, 1.807) is 6.07 Å². The number of nitro benzene ring substituents is 1. The van der Waals surface area contributed by atoms with Crippen molar-refractivity contribution < 1.29 is 4.92 Å². The second kappa shape index (κ2) is 5.21. The van der Waals surface area contributed by atoms with E-state index in [0.29, 0.717) is 0 Å². The van der Waals surface area contributed by atoms with Gasteiger partial charge in [-0.15, -0.1) is 0 Å². The van der Waals surface area contributed by atoms with E-state index in [1.807, 2.05) is 32.9 Å². The first kappa shape index (κ1) is 12.1. The summed E-state index contributed by atoms with van der Waals surface area (Å²) < 4.78 is 0. The smallest absolute Gasteiger partial charge is 0.258 e. The molecule has 2 aromatic rings. The van der Waals surface area contributed by atoms with Crippen LogP contribution in [-0.4, -0.2) is 9.91 Å². The van der Waals surface area contributed by atoms with Gasteiger partial charge in [0.15, 0.2) is 0 Å². The van der Waals surface area contributed by atoms with Crippen molar-refractivity contribution >= 4 is 16.6 Å². The summed E-state index contributed by atoms with van der Waals surface area (Å²) in [4.78, 5) is 14.3. The van der Waals surface area contributed by atoms with Crippen LogP contribution >= 0.6 is 0 Å². The third kappa shape index (κ3) is 2.53. The average molecular weight is 218 g/mol. The Hall–Kier alpha value is -1.97. The minimum Gasteiger partial charge on any atom is -0.258 e. The lowest BCUT2D eigenvalue weighted by atomic mass is 10.2. The first-order valence-corrected chi connectivity index (χ1v) is 5.18. The summed E-state index contributed by atoms with van der Waals surface area (Å²) in [6.45, 7) is 5.89. The summed E-state index contributed by atoms with van der Waals surface area (Å²) >= 11 is 0. The molecule has 0 aliphatic heterocycles. The van der Waals surface area contributed by atoms with Crippen molar-refractivity contribution in [2.45, 2.75) is 20.8 Å². The van der Waals surface area contributed by atoms with Crippen molar-refractivity contribution in [3.8, 4) is 0 Å². The van der Waals surface area contributed by atoms with Gasteiger partial charge in [-0.25, -0.2) is 0 Å². The van der Waals surface area contributed by atoms with Crippen molar-refractivity contribution in [2.24, 2.45) is 0 Å². The van der Waals surface area contributed by atoms with Gasteiger partial charge in [0.1, 0.15) is 0 Å². The monoisotopic (exact) mass is 218 g/mol. The predicted molar refractivity (Wildman–Crippen MR) is 64.5 cm³/mol. The van der Waals surface area contributed by atoms with Crippen LogP contribution in [0.4, 0.5) is 5.69 Å². The normalized spacial score (nSPS) is 9.44. The van der Waals surface area contributed by atoms with Gasteiger partial charge in [0, 0.05) is 23.2 Å². The second-order valence-electron chi connectivity index (χ2n) is 3.09. The van der Waals surface area contributed by atoms with Crippen LogP contribution in [0.1, 0.15) is 19.5 Å². The zero-order valence-corrected chi connectivity index (χ0v) is 9.60. The van der Waals surface area contributed by atoms with Gasteiger partial charge in [0.25, 0.3) is 5.69 Å². The lowest BCUT2D eigenvalue weighted by Crippen LogP contribution is -1.88. The number of non-ortho nitro benzene ring substituents is 1. The maximum absolute atomic E-state index is 10.5. The number of aryl methyl sites for hydroxylation is 1. The maximum Gasteiger partial charge on any atom is 0.270 e. The van der Waals surface area contributed by atoms with Gasteiger partial charge in [-0.1, -0.05) is 19.9 Å². The van der Waals surface area contributed by atoms with Gasteiger partial charge >= 0.3 is 0 Å². The highest BCUT2D eigenvalue weighted by Gasteiger charge is 2.05. The van der Waals surface area contributed by atoms with Gasteiger partial charge in [-0.2, -0.15) is 0 Å². The molecule has 84 valence electrons. The molecule has 0 saturated heterocycles. The topological polar surface area (TPSA) is 56.0 Å². The standard InChI is InChI=1S/C10H8N2O2.C2H6/c1-7-2-3-8-6-9(12(13)14)4-5-10(8)11-7;1-2/h2-6H,1H3;1-2H3. The molecule has 2 rings (SSSR count). The molecular formula is C12H14N2O2. The summed E-state index contributed by atoms with van der Waals surface area (Å²) in [5.41, 5.74) is 1.80. The zero-order chi connectivity index (χ0) is 12.1. The number of nitro groups is 1. The minimum absolute atomic E-state index is 0.100. The third-order valence-electron chi connectivity index (χ3n) is 2.02. The molecule has 0 fully saturated rings. The summed E-state index contributed by atoms with van der Waals surface area (Å²) in [6, 6.07) is 8.34. The molecule has 1 aromatic carbocycles. The summed E-state index contributed by atoms with van der Waals surface area (Å²) in [7, 11) is 0. The quantitative estimate of drug-likeness (QED) is 0.544. The third-order valence-corrected chi connectivity index (χ3v) is 2.02. The summed E-state index contributed by atoms with van der Waals surface area (Å²) in [6.07, 6.45) is 0. The molecule has 4 nitrogen and oxygen atoms in total. The molecule has 16 heavy (non-hydrogen) atoms. The largest absolute Gasteiger partial charge is 0.270 e. The molecule has 1 heterocycles. The fourth-order valence-electron chi connectivity index (χ4n) is 1.33. The highest BCUT2D eigenvalue weighted by atomic mass is 16.6. The van der Waals surface area contributed by atoms with Crippen molar-refractivity contribution in [3.63, 3.8) is 0 Å². The lowest BCUT2D eigenvalue weighted by Gasteiger charge is -1.98. The molecule has 0 amide bonds. The molecule has 0 atom stereocenters. The van der Waals surface area contributed by atoms with Crippen LogP contribution in [0.5, 0.6) is 0 Å². The number of aromatic nitrogens is 1. The Morgan fingerprint density at radius 2 is 1.88 bits per heavy atom. The van der Waals surface area contributed by atoms with Gasteiger partial charge in [0.05, 0.1) is 10.4 Å². The van der Waals surface area contributed by atoms with Crippen LogP contribution in [0.3, 0.4) is 0 Å². The van der Waals surface area contributed by atoms with Crippen LogP contribution in [-0.2, 0) is 0 Å². The molecule has 1 aromatic heterocycles. The molecule has 0 N–H and O–H groups in total. The summed E-state index contributed by atoms with van der Waals surface area (Å²) in [5, 5.41) is 11.3. The van der Waals surface area contributed by atoms with Crippen molar-refractivity contribution in [2.75, 3.05) is 0 Å². The van der Waals surface area contributed by atoms with E-state index in [4.69, 9.17) is 0 Å². The molecule has 0 saturated carbocycles. The number of benzene rings is 1. The molecular weight excluding hydrogens is 204 g/mol. The number of hydrogen-bond donors (Lipinski definition) is 0. The van der Waals surface area contributed by atoms with Crippen LogP contribution in [0.15, 0.2) is 30.3 Å². The van der Waals surface area contributed by atoms with Gasteiger partial charge in [-0.3, -0.25) is 15.1 Å². The number of fused-ring (bicyclic) bond motifs is 1. The van der Waals surface area contributed by atoms with Gasteiger partial charge in [-0.05, 0) is 19.1 Å². The zero-order valence-electron chi connectivity index (χ0n) is 9.60. The van der Waals surface area contributed by atoms with E-state index in [2.05, 4.69) is 4.98 Å². The molecule has 0 aliphatic carbocycles. The van der Waals surface area contributed by atoms with Crippen LogP contribution < -0.4 is 0 Å². The highest BCUT2D eigenvalue weighted by molar-refractivity contribution is 5.81. The summed E-state index contributed by atoms with van der Waals surface area (Å²) in [5.74, 6) is 0. The van der Waals surface area contributed by atoms with Gasteiger partial charge in [0.2, 0.25) is 0 Å². The fourth-order valence-corrected chi connectivity index (χ4v) is 1.33. The predicted octanol–water partition coefficient (Wildman–Crippen LogP) is 3.48. The Balaban J connectivity index is 0.000000606. The van der Waals surface area contributed by atoms with E-state index in [1.165, 1.54) is 12.1 Å². The number of hydrogen-bond acceptors (Lipinski definition) is 3. The van der Waals surface area contributed by atoms with E-state index in [0.717, 1.165) is 16.6 Å². The molecule has 0 unspecified atom stereocenters. The van der Waals surface area contributed by atoms with Crippen molar-refractivity contribution in [1.29, 1.82) is 0 Å². The van der Waals surface area contributed by atoms with Gasteiger partial charge < -0.3 is 0 Å². The van der Waals surface area contributed by atoms with Crippen molar-refractivity contribution in [3.05, 3.63) is 46.1 Å². The van der Waals surface area contributed by atoms with E-state index >= 15 is 0 Å². The molecule has 0 bridgehead atoms. The second-order valence-corrected chi connectivity index (χ2v) is 3.09. The maximum atomic E-state index is 10.5. The molecule has 4 heteroatoms. The Labute approximate surface area is 94.1 Å². The minimum atomic E-state index is -0.403. The molecule has 0 aliphatic rings. The fraction of sp³-hybridized carbons (Fsp3) is 0.250. The van der Waals surface area contributed by atoms with Crippen molar-refractivity contribution in [1.82, 2.24) is 4.98 Å². The SMILES string of the molecule is CC.Cc1ccc2cc([N+](=O)[O-])ccc2n1. The Morgan fingerprint density at radius 3 is 2.50 bits per heavy atom. The van der Waals surface area contributed by atoms with E-state index < -0.39 is 4.92 Å². The highest BCUT2D eigenvalue weighted by Crippen LogP contribution is 2.19. The lowest BCUT2D eigenvalue weighted by molar-refractivity contribution is -0.384. The van der Waals surface area contributed by atoms with E-state index in [-0.39, 0.29) is 5.69 Å². The van der Waals surface area contributed by atoms with Crippen LogP contribution in [0, 0.1) is 17.0 Å². The Morgan fingerprint density at radius 1 is 1.19 bits per heavy atom. The first-order chi connectivity index (χ1) is 7.66. The number of nitrogens with zero attached hydrogens (tertiary/aromatic N) is 2. The Kier molecular flexibility index (Phi) is 3.94. The average Bonchev–Trinajstić information content (AvgIpc) is 2.30. The molecule has 0 radical (unpaired) electrons. The number of pyridine rings is 1. The van der Waals surface area contributed by atoms with E-state index in [9.17, 15) is 10.1 Å². The van der Waals surface area contributed by atoms with Crippen LogP contribution in [0.25, 0.3) is 10.9 Å². The first-order valence-electron chi connectivity index (χ1n) is 5.18. The Bertz CT molecular complexity index is 509.